The van der Waals surface area contributed by atoms with Gasteiger partial charge >= 0.3 is 0 Å². The molecule has 3 aliphatic rings. The monoisotopic (exact) mass is 250 g/mol. The number of carbonyl (C=O) groups is 1. The fraction of sp³-hybridized carbons (Fsp3) is 0.933. The van der Waals surface area contributed by atoms with Crippen LogP contribution in [0, 0.1) is 17.8 Å². The zero-order valence-corrected chi connectivity index (χ0v) is 11.5. The Bertz CT molecular complexity index is 316. The van der Waals surface area contributed by atoms with E-state index >= 15 is 0 Å². The fourth-order valence-electron chi connectivity index (χ4n) is 4.25. The number of nitrogens with zero attached hydrogens (tertiary/aromatic N) is 1. The SMILES string of the molecule is C[C@@H]1CNC[C@H]1C(=O)N1CCC[C@H]2CCCC[C@H]21. The molecule has 0 radical (unpaired) electrons. The first-order valence-electron chi connectivity index (χ1n) is 7.78. The van der Waals surface area contributed by atoms with Crippen molar-refractivity contribution in [2.75, 3.05) is 19.6 Å². The molecular weight excluding hydrogens is 224 g/mol. The van der Waals surface area contributed by atoms with Crippen molar-refractivity contribution in [3.63, 3.8) is 0 Å². The normalized spacial score (nSPS) is 40.6. The highest BCUT2D eigenvalue weighted by atomic mass is 16.2. The standard InChI is InChI=1S/C15H26N2O/c1-11-9-16-10-13(11)15(18)17-8-4-6-12-5-2-3-7-14(12)17/h11-14,16H,2-10H2,1H3/t11-,12-,13-,14-/m1/s1. The Morgan fingerprint density at radius 2 is 1.89 bits per heavy atom. The third-order valence-electron chi connectivity index (χ3n) is 5.36. The number of hydrogen-bond donors (Lipinski definition) is 1. The fourth-order valence-corrected chi connectivity index (χ4v) is 4.25. The zero-order chi connectivity index (χ0) is 12.5. The lowest BCUT2D eigenvalue weighted by molar-refractivity contribution is -0.142. The highest BCUT2D eigenvalue weighted by molar-refractivity contribution is 5.80. The summed E-state index contributed by atoms with van der Waals surface area (Å²) in [6.45, 7) is 5.14. The third kappa shape index (κ3) is 2.18. The Kier molecular flexibility index (Phi) is 3.60. The van der Waals surface area contributed by atoms with E-state index in [2.05, 4.69) is 17.1 Å². The summed E-state index contributed by atoms with van der Waals surface area (Å²) in [5.41, 5.74) is 0. The van der Waals surface area contributed by atoms with Crippen LogP contribution in [0.4, 0.5) is 0 Å². The van der Waals surface area contributed by atoms with Crippen molar-refractivity contribution in [1.82, 2.24) is 10.2 Å². The molecule has 0 aromatic rings. The van der Waals surface area contributed by atoms with Gasteiger partial charge < -0.3 is 10.2 Å². The third-order valence-corrected chi connectivity index (χ3v) is 5.36. The van der Waals surface area contributed by atoms with Crippen molar-refractivity contribution in [3.8, 4) is 0 Å². The Morgan fingerprint density at radius 1 is 1.11 bits per heavy atom. The van der Waals surface area contributed by atoms with Gasteiger partial charge in [0, 0.05) is 19.1 Å². The van der Waals surface area contributed by atoms with Gasteiger partial charge in [-0.15, -0.1) is 0 Å². The van der Waals surface area contributed by atoms with Crippen molar-refractivity contribution < 1.29 is 4.79 Å². The highest BCUT2D eigenvalue weighted by Crippen LogP contribution is 2.36. The first-order valence-corrected chi connectivity index (χ1v) is 7.78. The second kappa shape index (κ2) is 5.20. The minimum atomic E-state index is 0.241. The summed E-state index contributed by atoms with van der Waals surface area (Å²) in [5.74, 6) is 2.01. The van der Waals surface area contributed by atoms with Gasteiger partial charge in [-0.05, 0) is 44.1 Å². The molecule has 0 aromatic heterocycles. The molecule has 102 valence electrons. The molecule has 4 atom stereocenters. The summed E-state index contributed by atoms with van der Waals surface area (Å²) in [5, 5.41) is 3.37. The molecule has 18 heavy (non-hydrogen) atoms. The van der Waals surface area contributed by atoms with Gasteiger partial charge in [0.15, 0.2) is 0 Å². The van der Waals surface area contributed by atoms with Crippen molar-refractivity contribution >= 4 is 5.91 Å². The van der Waals surface area contributed by atoms with Crippen LogP contribution in [0.1, 0.15) is 45.4 Å². The number of hydrogen-bond acceptors (Lipinski definition) is 2. The first kappa shape index (κ1) is 12.5. The molecule has 3 rings (SSSR count). The number of fused-ring (bicyclic) bond motifs is 1. The largest absolute Gasteiger partial charge is 0.339 e. The van der Waals surface area contributed by atoms with Gasteiger partial charge in [0.2, 0.25) is 5.91 Å². The average molecular weight is 250 g/mol. The van der Waals surface area contributed by atoms with E-state index in [1.807, 2.05) is 0 Å². The van der Waals surface area contributed by atoms with Crippen LogP contribution in [0.5, 0.6) is 0 Å². The maximum absolute atomic E-state index is 12.8. The number of carbonyl (C=O) groups excluding carboxylic acids is 1. The number of amides is 1. The topological polar surface area (TPSA) is 32.3 Å². The van der Waals surface area contributed by atoms with Crippen molar-refractivity contribution in [3.05, 3.63) is 0 Å². The van der Waals surface area contributed by atoms with Crippen LogP contribution in [0.15, 0.2) is 0 Å². The van der Waals surface area contributed by atoms with E-state index in [1.165, 1.54) is 38.5 Å². The molecular formula is C15H26N2O. The van der Waals surface area contributed by atoms with Gasteiger partial charge in [-0.3, -0.25) is 4.79 Å². The minimum Gasteiger partial charge on any atom is -0.339 e. The number of rotatable bonds is 1. The Morgan fingerprint density at radius 3 is 2.67 bits per heavy atom. The van der Waals surface area contributed by atoms with Crippen molar-refractivity contribution in [2.45, 2.75) is 51.5 Å². The molecule has 3 fully saturated rings. The van der Waals surface area contributed by atoms with Gasteiger partial charge in [0.25, 0.3) is 0 Å². The summed E-state index contributed by atoms with van der Waals surface area (Å²) in [7, 11) is 0. The van der Waals surface area contributed by atoms with Crippen LogP contribution in [-0.2, 0) is 4.79 Å². The maximum Gasteiger partial charge on any atom is 0.227 e. The van der Waals surface area contributed by atoms with E-state index < -0.39 is 0 Å². The van der Waals surface area contributed by atoms with Crippen LogP contribution < -0.4 is 5.32 Å². The first-order chi connectivity index (χ1) is 8.77. The maximum atomic E-state index is 12.8. The Hall–Kier alpha value is -0.570. The lowest BCUT2D eigenvalue weighted by Crippen LogP contribution is -2.52. The highest BCUT2D eigenvalue weighted by Gasteiger charge is 2.40. The molecule has 0 bridgehead atoms. The summed E-state index contributed by atoms with van der Waals surface area (Å²) in [6.07, 6.45) is 7.89. The van der Waals surface area contributed by atoms with Gasteiger partial charge in [-0.2, -0.15) is 0 Å². The lowest BCUT2D eigenvalue weighted by atomic mass is 9.77. The lowest BCUT2D eigenvalue weighted by Gasteiger charge is -2.45. The number of likely N-dealkylation sites (tertiary alicyclic amines) is 1. The predicted molar refractivity (Wildman–Crippen MR) is 72.2 cm³/mol. The van der Waals surface area contributed by atoms with E-state index in [0.29, 0.717) is 17.9 Å². The number of nitrogens with one attached hydrogen (secondary N) is 1. The van der Waals surface area contributed by atoms with Gasteiger partial charge in [-0.25, -0.2) is 0 Å². The Labute approximate surface area is 110 Å². The van der Waals surface area contributed by atoms with Crippen LogP contribution in [0.2, 0.25) is 0 Å². The smallest absolute Gasteiger partial charge is 0.227 e. The van der Waals surface area contributed by atoms with Crippen molar-refractivity contribution in [1.29, 1.82) is 0 Å². The second-order valence-corrected chi connectivity index (χ2v) is 6.53. The van der Waals surface area contributed by atoms with E-state index in [1.54, 1.807) is 0 Å². The molecule has 1 saturated carbocycles. The molecule has 3 nitrogen and oxygen atoms in total. The quantitative estimate of drug-likeness (QED) is 0.772. The van der Waals surface area contributed by atoms with Crippen LogP contribution in [0.25, 0.3) is 0 Å². The molecule has 1 amide bonds. The van der Waals surface area contributed by atoms with E-state index in [9.17, 15) is 4.79 Å². The summed E-state index contributed by atoms with van der Waals surface area (Å²) >= 11 is 0. The van der Waals surface area contributed by atoms with Crippen molar-refractivity contribution in [2.24, 2.45) is 17.8 Å². The molecule has 1 aliphatic carbocycles. The molecule has 2 heterocycles. The molecule has 2 aliphatic heterocycles. The predicted octanol–water partition coefficient (Wildman–Crippen LogP) is 2.02. The molecule has 0 aromatic carbocycles. The average Bonchev–Trinajstić information content (AvgIpc) is 2.83. The van der Waals surface area contributed by atoms with E-state index in [4.69, 9.17) is 0 Å². The number of piperidine rings is 1. The Balaban J connectivity index is 1.71. The summed E-state index contributed by atoms with van der Waals surface area (Å²) in [4.78, 5) is 15.0. The zero-order valence-electron chi connectivity index (χ0n) is 11.5. The second-order valence-electron chi connectivity index (χ2n) is 6.53. The van der Waals surface area contributed by atoms with Gasteiger partial charge in [-0.1, -0.05) is 19.8 Å². The summed E-state index contributed by atoms with van der Waals surface area (Å²) < 4.78 is 0. The van der Waals surface area contributed by atoms with Crippen LogP contribution in [0.3, 0.4) is 0 Å². The molecule has 0 unspecified atom stereocenters. The molecule has 1 N–H and O–H groups in total. The van der Waals surface area contributed by atoms with Gasteiger partial charge in [0.05, 0.1) is 5.92 Å². The van der Waals surface area contributed by atoms with E-state index in [-0.39, 0.29) is 5.92 Å². The van der Waals surface area contributed by atoms with Gasteiger partial charge in [0.1, 0.15) is 0 Å². The summed E-state index contributed by atoms with van der Waals surface area (Å²) in [6, 6.07) is 0.577. The van der Waals surface area contributed by atoms with Crippen LogP contribution >= 0.6 is 0 Å². The minimum absolute atomic E-state index is 0.241. The molecule has 0 spiro atoms. The van der Waals surface area contributed by atoms with Crippen LogP contribution in [-0.4, -0.2) is 36.5 Å². The van der Waals surface area contributed by atoms with E-state index in [0.717, 1.165) is 25.6 Å². The molecule has 2 saturated heterocycles. The molecule has 3 heteroatoms.